The number of carbonyl (C=O) groups is 2. The van der Waals surface area contributed by atoms with Crippen LogP contribution in [-0.4, -0.2) is 44.8 Å². The maximum Gasteiger partial charge on any atom is 0.328 e. The number of rotatable bonds is 8. The van der Waals surface area contributed by atoms with E-state index in [1.807, 2.05) is 13.8 Å². The zero-order valence-electron chi connectivity index (χ0n) is 10.7. The first-order valence-electron chi connectivity index (χ1n) is 5.66. The van der Waals surface area contributed by atoms with E-state index in [1.165, 1.54) is 7.11 Å². The second kappa shape index (κ2) is 8.95. The third-order valence-electron chi connectivity index (χ3n) is 2.02. The van der Waals surface area contributed by atoms with Crippen LogP contribution < -0.4 is 11.1 Å². The Bertz CT molecular complexity index is 244. The standard InChI is InChI=1S/C11H22N2O4/c1-8(2)6-9(11(15)16-3)13-10(14)7-17-5-4-12/h8-9H,4-7,12H2,1-3H3,(H,13,14). The average Bonchev–Trinajstić information content (AvgIpc) is 2.27. The van der Waals surface area contributed by atoms with Crippen molar-refractivity contribution < 1.29 is 19.1 Å². The normalized spacial score (nSPS) is 12.3. The Hall–Kier alpha value is -1.14. The van der Waals surface area contributed by atoms with E-state index in [2.05, 4.69) is 10.1 Å². The molecule has 100 valence electrons. The van der Waals surface area contributed by atoms with Crippen LogP contribution in [0.5, 0.6) is 0 Å². The molecular formula is C11H22N2O4. The van der Waals surface area contributed by atoms with Gasteiger partial charge in [-0.2, -0.15) is 0 Å². The molecule has 1 unspecified atom stereocenters. The molecule has 0 fully saturated rings. The number of hydrogen-bond donors (Lipinski definition) is 2. The monoisotopic (exact) mass is 246 g/mol. The molecular weight excluding hydrogens is 224 g/mol. The third-order valence-corrected chi connectivity index (χ3v) is 2.02. The van der Waals surface area contributed by atoms with Crippen LogP contribution in [0.4, 0.5) is 0 Å². The molecule has 0 aromatic rings. The Morgan fingerprint density at radius 2 is 2.00 bits per heavy atom. The molecule has 0 saturated carbocycles. The molecule has 0 aromatic carbocycles. The number of hydrogen-bond acceptors (Lipinski definition) is 5. The lowest BCUT2D eigenvalue weighted by Gasteiger charge is -2.18. The first-order valence-corrected chi connectivity index (χ1v) is 5.66. The summed E-state index contributed by atoms with van der Waals surface area (Å²) in [5, 5.41) is 2.58. The Morgan fingerprint density at radius 3 is 2.47 bits per heavy atom. The molecule has 0 rings (SSSR count). The highest BCUT2D eigenvalue weighted by molar-refractivity contribution is 5.85. The molecule has 0 aliphatic rings. The zero-order chi connectivity index (χ0) is 13.3. The molecule has 1 atom stereocenters. The van der Waals surface area contributed by atoms with Gasteiger partial charge in [-0.05, 0) is 12.3 Å². The quantitative estimate of drug-likeness (QED) is 0.452. The summed E-state index contributed by atoms with van der Waals surface area (Å²) in [7, 11) is 1.30. The number of carbonyl (C=O) groups excluding carboxylic acids is 2. The van der Waals surface area contributed by atoms with Gasteiger partial charge in [-0.3, -0.25) is 4.79 Å². The van der Waals surface area contributed by atoms with Crippen LogP contribution in [0, 0.1) is 5.92 Å². The lowest BCUT2D eigenvalue weighted by atomic mass is 10.0. The van der Waals surface area contributed by atoms with Crippen LogP contribution in [0.1, 0.15) is 20.3 Å². The molecule has 0 heterocycles. The van der Waals surface area contributed by atoms with Crippen LogP contribution in [0.15, 0.2) is 0 Å². The Balaban J connectivity index is 4.13. The summed E-state index contributed by atoms with van der Waals surface area (Å²) in [5.41, 5.74) is 5.22. The van der Waals surface area contributed by atoms with Crippen molar-refractivity contribution in [3.05, 3.63) is 0 Å². The number of nitrogens with one attached hydrogen (secondary N) is 1. The van der Waals surface area contributed by atoms with Crippen molar-refractivity contribution >= 4 is 11.9 Å². The van der Waals surface area contributed by atoms with Gasteiger partial charge in [0.05, 0.1) is 13.7 Å². The van der Waals surface area contributed by atoms with E-state index in [0.29, 0.717) is 19.6 Å². The van der Waals surface area contributed by atoms with Gasteiger partial charge in [0.25, 0.3) is 0 Å². The summed E-state index contributed by atoms with van der Waals surface area (Å²) in [5.74, 6) is -0.496. The predicted molar refractivity (Wildman–Crippen MR) is 63.3 cm³/mol. The maximum absolute atomic E-state index is 11.4. The summed E-state index contributed by atoms with van der Waals surface area (Å²) in [6.45, 7) is 4.52. The van der Waals surface area contributed by atoms with Gasteiger partial charge in [0.15, 0.2) is 0 Å². The fraction of sp³-hybridized carbons (Fsp3) is 0.818. The zero-order valence-corrected chi connectivity index (χ0v) is 10.7. The molecule has 0 bridgehead atoms. The van der Waals surface area contributed by atoms with Gasteiger partial charge < -0.3 is 20.5 Å². The lowest BCUT2D eigenvalue weighted by Crippen LogP contribution is -2.44. The van der Waals surface area contributed by atoms with Crippen molar-refractivity contribution in [1.29, 1.82) is 0 Å². The summed E-state index contributed by atoms with van der Waals surface area (Å²) in [6.07, 6.45) is 0.537. The molecule has 0 aromatic heterocycles. The van der Waals surface area contributed by atoms with Crippen LogP contribution in [0.2, 0.25) is 0 Å². The molecule has 0 spiro atoms. The topological polar surface area (TPSA) is 90.6 Å². The first kappa shape index (κ1) is 15.9. The second-order valence-corrected chi connectivity index (χ2v) is 4.11. The van der Waals surface area contributed by atoms with Crippen LogP contribution >= 0.6 is 0 Å². The molecule has 6 nitrogen and oxygen atoms in total. The smallest absolute Gasteiger partial charge is 0.328 e. The van der Waals surface area contributed by atoms with Crippen LogP contribution in [0.25, 0.3) is 0 Å². The summed E-state index contributed by atoms with van der Waals surface area (Å²) >= 11 is 0. The van der Waals surface area contributed by atoms with Gasteiger partial charge in [0.1, 0.15) is 12.6 Å². The largest absolute Gasteiger partial charge is 0.467 e. The molecule has 3 N–H and O–H groups in total. The van der Waals surface area contributed by atoms with Crippen molar-refractivity contribution in [2.45, 2.75) is 26.3 Å². The van der Waals surface area contributed by atoms with Gasteiger partial charge in [-0.15, -0.1) is 0 Å². The van der Waals surface area contributed by atoms with Crippen LogP contribution in [0.3, 0.4) is 0 Å². The van der Waals surface area contributed by atoms with E-state index in [-0.39, 0.29) is 18.4 Å². The number of amides is 1. The van der Waals surface area contributed by atoms with Crippen molar-refractivity contribution in [2.24, 2.45) is 11.7 Å². The van der Waals surface area contributed by atoms with Crippen molar-refractivity contribution in [2.75, 3.05) is 26.9 Å². The molecule has 0 aliphatic carbocycles. The number of esters is 1. The number of nitrogens with two attached hydrogens (primary N) is 1. The van der Waals surface area contributed by atoms with E-state index in [4.69, 9.17) is 10.5 Å². The van der Waals surface area contributed by atoms with Crippen molar-refractivity contribution in [3.8, 4) is 0 Å². The van der Waals surface area contributed by atoms with Crippen molar-refractivity contribution in [3.63, 3.8) is 0 Å². The molecule has 0 aliphatic heterocycles. The fourth-order valence-corrected chi connectivity index (χ4v) is 1.31. The molecule has 0 saturated heterocycles. The highest BCUT2D eigenvalue weighted by atomic mass is 16.5. The molecule has 0 radical (unpaired) electrons. The Labute approximate surface area is 102 Å². The Morgan fingerprint density at radius 1 is 1.35 bits per heavy atom. The van der Waals surface area contributed by atoms with E-state index in [1.54, 1.807) is 0 Å². The third kappa shape index (κ3) is 7.70. The maximum atomic E-state index is 11.4. The molecule has 17 heavy (non-hydrogen) atoms. The minimum atomic E-state index is -0.617. The molecule has 6 heteroatoms. The van der Waals surface area contributed by atoms with Gasteiger partial charge >= 0.3 is 5.97 Å². The van der Waals surface area contributed by atoms with E-state index >= 15 is 0 Å². The highest BCUT2D eigenvalue weighted by Crippen LogP contribution is 2.06. The van der Waals surface area contributed by atoms with Gasteiger partial charge in [0.2, 0.25) is 5.91 Å². The SMILES string of the molecule is COC(=O)C(CC(C)C)NC(=O)COCCN. The number of methoxy groups -OCH3 is 1. The van der Waals surface area contributed by atoms with Crippen molar-refractivity contribution in [1.82, 2.24) is 5.32 Å². The first-order chi connectivity index (χ1) is 8.01. The summed E-state index contributed by atoms with van der Waals surface area (Å²) in [4.78, 5) is 22.9. The summed E-state index contributed by atoms with van der Waals surface area (Å²) < 4.78 is 9.60. The van der Waals surface area contributed by atoms with E-state index < -0.39 is 12.0 Å². The molecule has 1 amide bonds. The average molecular weight is 246 g/mol. The highest BCUT2D eigenvalue weighted by Gasteiger charge is 2.22. The van der Waals surface area contributed by atoms with Gasteiger partial charge in [-0.25, -0.2) is 4.79 Å². The Kier molecular flexibility index (Phi) is 8.35. The minimum Gasteiger partial charge on any atom is -0.467 e. The predicted octanol–water partition coefficient (Wildman–Crippen LogP) is -0.334. The van der Waals surface area contributed by atoms with Gasteiger partial charge in [-0.1, -0.05) is 13.8 Å². The minimum absolute atomic E-state index is 0.0945. The van der Waals surface area contributed by atoms with E-state index in [0.717, 1.165) is 0 Å². The summed E-state index contributed by atoms with van der Waals surface area (Å²) in [6, 6.07) is -0.617. The van der Waals surface area contributed by atoms with E-state index in [9.17, 15) is 9.59 Å². The number of ether oxygens (including phenoxy) is 2. The fourth-order valence-electron chi connectivity index (χ4n) is 1.31. The second-order valence-electron chi connectivity index (χ2n) is 4.11. The lowest BCUT2D eigenvalue weighted by molar-refractivity contribution is -0.146. The van der Waals surface area contributed by atoms with Gasteiger partial charge in [0, 0.05) is 6.54 Å². The van der Waals surface area contributed by atoms with Crippen LogP contribution in [-0.2, 0) is 19.1 Å².